The molecule has 0 spiro atoms. The smallest absolute Gasteiger partial charge is 0.147 e. The highest BCUT2D eigenvalue weighted by molar-refractivity contribution is 4.97. The molecule has 3 atom stereocenters. The summed E-state index contributed by atoms with van der Waals surface area (Å²) in [5, 5.41) is 19.1. The minimum atomic E-state index is -0.102. The van der Waals surface area contributed by atoms with Crippen LogP contribution in [-0.2, 0) is 13.1 Å². The van der Waals surface area contributed by atoms with Crippen LogP contribution < -0.4 is 0 Å². The van der Waals surface area contributed by atoms with E-state index in [0.717, 1.165) is 44.1 Å². The summed E-state index contributed by atoms with van der Waals surface area (Å²) in [6, 6.07) is 0.530. The molecule has 124 valence electrons. The first-order chi connectivity index (χ1) is 10.7. The first-order valence-corrected chi connectivity index (χ1v) is 9.01. The SMILES string of the molecule is CCCn1c(C)nnc1CN1CCCC1C1CCCCC1O. The summed E-state index contributed by atoms with van der Waals surface area (Å²) < 4.78 is 2.26. The lowest BCUT2D eigenvalue weighted by Crippen LogP contribution is -2.42. The lowest BCUT2D eigenvalue weighted by atomic mass is 9.80. The van der Waals surface area contributed by atoms with Crippen LogP contribution >= 0.6 is 0 Å². The van der Waals surface area contributed by atoms with E-state index in [1.165, 1.54) is 32.1 Å². The van der Waals surface area contributed by atoms with Crippen molar-refractivity contribution in [1.29, 1.82) is 0 Å². The van der Waals surface area contributed by atoms with Crippen LogP contribution in [-0.4, -0.2) is 43.5 Å². The van der Waals surface area contributed by atoms with Gasteiger partial charge in [0, 0.05) is 18.5 Å². The largest absolute Gasteiger partial charge is 0.393 e. The molecule has 1 saturated heterocycles. The van der Waals surface area contributed by atoms with Crippen molar-refractivity contribution in [1.82, 2.24) is 19.7 Å². The highest BCUT2D eigenvalue weighted by Gasteiger charge is 2.37. The maximum absolute atomic E-state index is 10.4. The molecule has 22 heavy (non-hydrogen) atoms. The molecule has 1 saturated carbocycles. The van der Waals surface area contributed by atoms with Crippen molar-refractivity contribution in [3.05, 3.63) is 11.6 Å². The van der Waals surface area contributed by atoms with Gasteiger partial charge in [-0.3, -0.25) is 4.90 Å². The Bertz CT molecular complexity index is 487. The first kappa shape index (κ1) is 15.9. The van der Waals surface area contributed by atoms with Gasteiger partial charge in [-0.1, -0.05) is 19.8 Å². The van der Waals surface area contributed by atoms with Crippen molar-refractivity contribution in [2.45, 2.75) is 84.0 Å². The quantitative estimate of drug-likeness (QED) is 0.908. The molecule has 3 rings (SSSR count). The minimum Gasteiger partial charge on any atom is -0.393 e. The van der Waals surface area contributed by atoms with Crippen molar-refractivity contribution in [3.8, 4) is 0 Å². The van der Waals surface area contributed by atoms with Gasteiger partial charge in [-0.25, -0.2) is 0 Å². The predicted octanol–water partition coefficient (Wildman–Crippen LogP) is 2.51. The zero-order valence-electron chi connectivity index (χ0n) is 14.0. The van der Waals surface area contributed by atoms with Crippen LogP contribution in [0.15, 0.2) is 0 Å². The van der Waals surface area contributed by atoms with Crippen LogP contribution in [0, 0.1) is 12.8 Å². The maximum Gasteiger partial charge on any atom is 0.147 e. The number of likely N-dealkylation sites (tertiary alicyclic amines) is 1. The number of aryl methyl sites for hydroxylation is 1. The lowest BCUT2D eigenvalue weighted by Gasteiger charge is -2.37. The Morgan fingerprint density at radius 1 is 1.14 bits per heavy atom. The van der Waals surface area contributed by atoms with Crippen molar-refractivity contribution in [2.75, 3.05) is 6.54 Å². The van der Waals surface area contributed by atoms with Crippen LogP contribution in [0.1, 0.15) is 63.5 Å². The predicted molar refractivity (Wildman–Crippen MR) is 86.4 cm³/mol. The Kier molecular flexibility index (Phi) is 5.14. The molecule has 0 amide bonds. The molecule has 3 unspecified atom stereocenters. The first-order valence-electron chi connectivity index (χ1n) is 9.01. The second-order valence-electron chi connectivity index (χ2n) is 7.01. The highest BCUT2D eigenvalue weighted by atomic mass is 16.3. The topological polar surface area (TPSA) is 54.2 Å². The number of nitrogens with zero attached hydrogens (tertiary/aromatic N) is 4. The van der Waals surface area contributed by atoms with Crippen molar-refractivity contribution in [3.63, 3.8) is 0 Å². The molecule has 1 aromatic heterocycles. The molecule has 0 radical (unpaired) electrons. The summed E-state index contributed by atoms with van der Waals surface area (Å²) >= 11 is 0. The van der Waals surface area contributed by atoms with E-state index in [-0.39, 0.29) is 6.10 Å². The third-order valence-electron chi connectivity index (χ3n) is 5.49. The van der Waals surface area contributed by atoms with E-state index < -0.39 is 0 Å². The van der Waals surface area contributed by atoms with Gasteiger partial charge >= 0.3 is 0 Å². The van der Waals surface area contributed by atoms with Crippen LogP contribution in [0.5, 0.6) is 0 Å². The molecule has 5 heteroatoms. The Morgan fingerprint density at radius 3 is 2.73 bits per heavy atom. The van der Waals surface area contributed by atoms with E-state index in [2.05, 4.69) is 26.6 Å². The normalized spacial score (nSPS) is 30.0. The molecule has 0 bridgehead atoms. The number of hydrogen-bond acceptors (Lipinski definition) is 4. The van der Waals surface area contributed by atoms with Gasteiger partial charge in [0.05, 0.1) is 12.6 Å². The van der Waals surface area contributed by atoms with Crippen molar-refractivity contribution >= 4 is 0 Å². The van der Waals surface area contributed by atoms with Gasteiger partial charge < -0.3 is 9.67 Å². The number of aromatic nitrogens is 3. The van der Waals surface area contributed by atoms with Gasteiger partial charge in [-0.2, -0.15) is 0 Å². The molecule has 1 aromatic rings. The molecule has 2 aliphatic rings. The summed E-state index contributed by atoms with van der Waals surface area (Å²) in [5.41, 5.74) is 0. The molecular formula is C17H30N4O. The maximum atomic E-state index is 10.4. The summed E-state index contributed by atoms with van der Waals surface area (Å²) in [7, 11) is 0. The summed E-state index contributed by atoms with van der Waals surface area (Å²) in [6.07, 6.45) is 8.11. The average molecular weight is 306 g/mol. The van der Waals surface area contributed by atoms with Gasteiger partial charge in [0.25, 0.3) is 0 Å². The average Bonchev–Trinajstić information content (AvgIpc) is 3.10. The standard InChI is InChI=1S/C17H30N4O/c1-3-10-21-13(2)18-19-17(21)12-20-11-6-8-15(20)14-7-4-5-9-16(14)22/h14-16,22H,3-12H2,1-2H3. The molecule has 2 heterocycles. The van der Waals surface area contributed by atoms with Gasteiger partial charge in [-0.05, 0) is 45.6 Å². The Labute approximate surface area is 133 Å². The van der Waals surface area contributed by atoms with Gasteiger partial charge in [-0.15, -0.1) is 10.2 Å². The molecule has 5 nitrogen and oxygen atoms in total. The zero-order chi connectivity index (χ0) is 15.5. The highest BCUT2D eigenvalue weighted by Crippen LogP contribution is 2.35. The summed E-state index contributed by atoms with van der Waals surface area (Å²) in [5.74, 6) is 2.57. The third-order valence-corrected chi connectivity index (χ3v) is 5.49. The number of aliphatic hydroxyl groups is 1. The monoisotopic (exact) mass is 306 g/mol. The Balaban J connectivity index is 1.71. The zero-order valence-corrected chi connectivity index (χ0v) is 14.0. The number of rotatable bonds is 5. The molecule has 0 aromatic carbocycles. The fourth-order valence-corrected chi connectivity index (χ4v) is 4.36. The van der Waals surface area contributed by atoms with Gasteiger partial charge in [0.1, 0.15) is 11.6 Å². The van der Waals surface area contributed by atoms with Gasteiger partial charge in [0.2, 0.25) is 0 Å². The minimum absolute atomic E-state index is 0.102. The molecular weight excluding hydrogens is 276 g/mol. The van der Waals surface area contributed by atoms with Crippen LogP contribution in [0.2, 0.25) is 0 Å². The molecule has 1 aliphatic heterocycles. The van der Waals surface area contributed by atoms with Crippen LogP contribution in [0.25, 0.3) is 0 Å². The molecule has 1 aliphatic carbocycles. The Hall–Kier alpha value is -0.940. The van der Waals surface area contributed by atoms with E-state index in [1.807, 2.05) is 6.92 Å². The fourth-order valence-electron chi connectivity index (χ4n) is 4.36. The molecule has 2 fully saturated rings. The van der Waals surface area contributed by atoms with E-state index >= 15 is 0 Å². The fraction of sp³-hybridized carbons (Fsp3) is 0.882. The lowest BCUT2D eigenvalue weighted by molar-refractivity contribution is 0.0193. The Morgan fingerprint density at radius 2 is 1.95 bits per heavy atom. The van der Waals surface area contributed by atoms with E-state index in [0.29, 0.717) is 12.0 Å². The van der Waals surface area contributed by atoms with Crippen LogP contribution in [0.3, 0.4) is 0 Å². The van der Waals surface area contributed by atoms with Crippen molar-refractivity contribution in [2.24, 2.45) is 5.92 Å². The number of aliphatic hydroxyl groups excluding tert-OH is 1. The van der Waals surface area contributed by atoms with E-state index in [9.17, 15) is 5.11 Å². The van der Waals surface area contributed by atoms with E-state index in [4.69, 9.17) is 0 Å². The van der Waals surface area contributed by atoms with Crippen molar-refractivity contribution < 1.29 is 5.11 Å². The second-order valence-corrected chi connectivity index (χ2v) is 7.01. The van der Waals surface area contributed by atoms with Crippen LogP contribution in [0.4, 0.5) is 0 Å². The second kappa shape index (κ2) is 7.09. The number of hydrogen-bond donors (Lipinski definition) is 1. The molecule has 1 N–H and O–H groups in total. The third kappa shape index (κ3) is 3.20. The van der Waals surface area contributed by atoms with E-state index in [1.54, 1.807) is 0 Å². The summed E-state index contributed by atoms with van der Waals surface area (Å²) in [6.45, 7) is 7.25. The van der Waals surface area contributed by atoms with Gasteiger partial charge in [0.15, 0.2) is 0 Å². The summed E-state index contributed by atoms with van der Waals surface area (Å²) in [4.78, 5) is 2.55.